The predicted octanol–water partition coefficient (Wildman–Crippen LogP) is -0.759. The maximum Gasteiger partial charge on any atom is 0.278 e. The minimum absolute atomic E-state index is 0.282. The molecule has 1 heterocycles. The molecule has 0 spiro atoms. The number of aliphatic hydroxyl groups is 4. The smallest absolute Gasteiger partial charge is 0.278 e. The molecular formula is C12H15NO7. The molecule has 1 saturated heterocycles. The Morgan fingerprint density at radius 2 is 1.85 bits per heavy atom. The molecule has 1 aliphatic rings. The van der Waals surface area contributed by atoms with Crippen LogP contribution in [0.25, 0.3) is 0 Å². The highest BCUT2D eigenvalue weighted by Gasteiger charge is 2.54. The van der Waals surface area contributed by atoms with E-state index in [2.05, 4.69) is 0 Å². The van der Waals surface area contributed by atoms with Crippen molar-refractivity contribution in [2.45, 2.75) is 37.1 Å². The number of nitro benzene ring substituents is 1. The highest BCUT2D eigenvalue weighted by Crippen LogP contribution is 2.39. The normalized spacial score (nSPS) is 37.6. The lowest BCUT2D eigenvalue weighted by Crippen LogP contribution is -2.62. The van der Waals surface area contributed by atoms with Gasteiger partial charge < -0.3 is 25.2 Å². The third-order valence-corrected chi connectivity index (χ3v) is 3.41. The number of para-hydroxylation sites is 1. The van der Waals surface area contributed by atoms with Gasteiger partial charge in [-0.2, -0.15) is 0 Å². The summed E-state index contributed by atoms with van der Waals surface area (Å²) < 4.78 is 5.14. The lowest BCUT2D eigenvalue weighted by molar-refractivity contribution is -0.395. The van der Waals surface area contributed by atoms with E-state index in [0.29, 0.717) is 0 Å². The van der Waals surface area contributed by atoms with E-state index in [4.69, 9.17) is 4.74 Å². The van der Waals surface area contributed by atoms with Crippen LogP contribution in [0.2, 0.25) is 0 Å². The average Bonchev–Trinajstić information content (AvgIpc) is 2.43. The van der Waals surface area contributed by atoms with Crippen molar-refractivity contribution < 1.29 is 30.1 Å². The van der Waals surface area contributed by atoms with E-state index in [9.17, 15) is 30.5 Å². The number of nitrogens with zero attached hydrogens (tertiary/aromatic N) is 1. The van der Waals surface area contributed by atoms with Crippen molar-refractivity contribution in [3.63, 3.8) is 0 Å². The van der Waals surface area contributed by atoms with Gasteiger partial charge in [0.15, 0.2) is 0 Å². The molecule has 5 atom stereocenters. The van der Waals surface area contributed by atoms with Gasteiger partial charge in [0.1, 0.15) is 18.3 Å². The SMILES string of the molecule is C[C@H]1O[C@@](O)(c2ccccc2[N+](=O)[O-])[C@H](O)[C@@H](O)[C@H]1O. The second-order valence-electron chi connectivity index (χ2n) is 4.72. The van der Waals surface area contributed by atoms with Gasteiger partial charge in [-0.25, -0.2) is 0 Å². The number of nitro groups is 1. The fourth-order valence-electron chi connectivity index (χ4n) is 2.28. The standard InChI is InChI=1S/C12H15NO7/c1-6-9(14)10(15)11(16)12(17,20-6)7-4-2-3-5-8(7)13(18)19/h2-6,9-11,14-17H,1H3/t6-,9+,10+,11-,12+/m1/s1. The molecule has 0 radical (unpaired) electrons. The molecule has 0 bridgehead atoms. The second kappa shape index (κ2) is 5.08. The molecule has 8 nitrogen and oxygen atoms in total. The summed E-state index contributed by atoms with van der Waals surface area (Å²) in [4.78, 5) is 10.3. The van der Waals surface area contributed by atoms with Crippen LogP contribution >= 0.6 is 0 Å². The van der Waals surface area contributed by atoms with Crippen LogP contribution in [-0.4, -0.2) is 49.8 Å². The van der Waals surface area contributed by atoms with Crippen LogP contribution in [0.5, 0.6) is 0 Å². The second-order valence-corrected chi connectivity index (χ2v) is 4.72. The molecule has 8 heteroatoms. The van der Waals surface area contributed by atoms with Gasteiger partial charge in [0.25, 0.3) is 5.69 Å². The first-order chi connectivity index (χ1) is 9.29. The first-order valence-corrected chi connectivity index (χ1v) is 5.97. The van der Waals surface area contributed by atoms with E-state index >= 15 is 0 Å². The Morgan fingerprint density at radius 3 is 2.45 bits per heavy atom. The fraction of sp³-hybridized carbons (Fsp3) is 0.500. The third-order valence-electron chi connectivity index (χ3n) is 3.41. The largest absolute Gasteiger partial charge is 0.388 e. The van der Waals surface area contributed by atoms with E-state index < -0.39 is 40.8 Å². The molecule has 1 aromatic rings. The lowest BCUT2D eigenvalue weighted by Gasteiger charge is -2.44. The Kier molecular flexibility index (Phi) is 3.76. The van der Waals surface area contributed by atoms with Crippen molar-refractivity contribution >= 4 is 5.69 Å². The molecule has 20 heavy (non-hydrogen) atoms. The van der Waals surface area contributed by atoms with Gasteiger partial charge in [-0.05, 0) is 13.0 Å². The molecule has 2 rings (SSSR count). The van der Waals surface area contributed by atoms with Gasteiger partial charge in [0.05, 0.1) is 16.6 Å². The highest BCUT2D eigenvalue weighted by molar-refractivity contribution is 5.43. The van der Waals surface area contributed by atoms with E-state index in [1.165, 1.54) is 25.1 Å². The summed E-state index contributed by atoms with van der Waals surface area (Å²) in [6, 6.07) is 5.19. The quantitative estimate of drug-likeness (QED) is 0.414. The molecule has 1 aliphatic heterocycles. The van der Waals surface area contributed by atoms with Crippen LogP contribution in [0.3, 0.4) is 0 Å². The number of hydrogen-bond donors (Lipinski definition) is 4. The molecule has 0 aliphatic carbocycles. The van der Waals surface area contributed by atoms with E-state index in [-0.39, 0.29) is 5.56 Å². The molecule has 0 amide bonds. The Labute approximate surface area is 114 Å². The van der Waals surface area contributed by atoms with Gasteiger partial charge in [-0.3, -0.25) is 10.1 Å². The first-order valence-electron chi connectivity index (χ1n) is 5.97. The zero-order valence-electron chi connectivity index (χ0n) is 10.6. The Balaban J connectivity index is 2.52. The van der Waals surface area contributed by atoms with Crippen molar-refractivity contribution in [2.75, 3.05) is 0 Å². The Hall–Kier alpha value is -1.58. The van der Waals surface area contributed by atoms with Crippen LogP contribution in [-0.2, 0) is 10.5 Å². The van der Waals surface area contributed by atoms with Crippen LogP contribution < -0.4 is 0 Å². The van der Waals surface area contributed by atoms with Crippen LogP contribution in [0.1, 0.15) is 12.5 Å². The zero-order chi connectivity index (χ0) is 15.1. The van der Waals surface area contributed by atoms with Gasteiger partial charge >= 0.3 is 0 Å². The maximum atomic E-state index is 11.0. The predicted molar refractivity (Wildman–Crippen MR) is 65.6 cm³/mol. The Morgan fingerprint density at radius 1 is 1.25 bits per heavy atom. The molecule has 110 valence electrons. The lowest BCUT2D eigenvalue weighted by atomic mass is 9.88. The van der Waals surface area contributed by atoms with Crippen molar-refractivity contribution in [3.8, 4) is 0 Å². The number of hydrogen-bond acceptors (Lipinski definition) is 7. The van der Waals surface area contributed by atoms with Crippen molar-refractivity contribution in [1.82, 2.24) is 0 Å². The zero-order valence-corrected chi connectivity index (χ0v) is 10.6. The monoisotopic (exact) mass is 285 g/mol. The molecule has 0 saturated carbocycles. The van der Waals surface area contributed by atoms with E-state index in [1.54, 1.807) is 0 Å². The van der Waals surface area contributed by atoms with Crippen LogP contribution in [0.15, 0.2) is 24.3 Å². The molecular weight excluding hydrogens is 270 g/mol. The van der Waals surface area contributed by atoms with Gasteiger partial charge in [-0.1, -0.05) is 12.1 Å². The van der Waals surface area contributed by atoms with Gasteiger partial charge in [0, 0.05) is 6.07 Å². The number of benzene rings is 1. The maximum absolute atomic E-state index is 11.0. The molecule has 1 fully saturated rings. The van der Waals surface area contributed by atoms with E-state index in [0.717, 1.165) is 6.07 Å². The molecule has 0 aromatic heterocycles. The number of aliphatic hydroxyl groups excluding tert-OH is 3. The van der Waals surface area contributed by atoms with Gasteiger partial charge in [0.2, 0.25) is 5.79 Å². The summed E-state index contributed by atoms with van der Waals surface area (Å²) in [7, 11) is 0. The number of ether oxygens (including phenoxy) is 1. The summed E-state index contributed by atoms with van der Waals surface area (Å²) in [5.41, 5.74) is -0.736. The van der Waals surface area contributed by atoms with Gasteiger partial charge in [-0.15, -0.1) is 0 Å². The summed E-state index contributed by atoms with van der Waals surface area (Å²) in [6.07, 6.45) is -6.04. The molecule has 4 N–H and O–H groups in total. The average molecular weight is 285 g/mol. The summed E-state index contributed by atoms with van der Waals surface area (Å²) in [6.45, 7) is 1.37. The first kappa shape index (κ1) is 14.8. The van der Waals surface area contributed by atoms with Crippen molar-refractivity contribution in [2.24, 2.45) is 0 Å². The summed E-state index contributed by atoms with van der Waals surface area (Å²) in [5.74, 6) is -2.47. The van der Waals surface area contributed by atoms with Crippen molar-refractivity contribution in [1.29, 1.82) is 0 Å². The highest BCUT2D eigenvalue weighted by atomic mass is 16.7. The summed E-state index contributed by atoms with van der Waals surface area (Å²) in [5, 5.41) is 50.7. The van der Waals surface area contributed by atoms with E-state index in [1.807, 2.05) is 0 Å². The van der Waals surface area contributed by atoms with Crippen LogP contribution in [0.4, 0.5) is 5.69 Å². The third kappa shape index (κ3) is 2.17. The Bertz CT molecular complexity index is 522. The topological polar surface area (TPSA) is 133 Å². The fourth-order valence-corrected chi connectivity index (χ4v) is 2.28. The number of rotatable bonds is 2. The minimum atomic E-state index is -2.47. The molecule has 1 aromatic carbocycles. The summed E-state index contributed by atoms with van der Waals surface area (Å²) >= 11 is 0. The van der Waals surface area contributed by atoms with Crippen LogP contribution in [0, 0.1) is 10.1 Å². The van der Waals surface area contributed by atoms with Crippen molar-refractivity contribution in [3.05, 3.63) is 39.9 Å². The molecule has 0 unspecified atom stereocenters. The minimum Gasteiger partial charge on any atom is -0.388 e.